The van der Waals surface area contributed by atoms with Crippen molar-refractivity contribution in [2.75, 3.05) is 12.4 Å². The number of benzene rings is 1. The maximum absolute atomic E-state index is 14.1. The van der Waals surface area contributed by atoms with Crippen molar-refractivity contribution < 1.29 is 13.2 Å². The molecular formula is C13H16F3N3S. The lowest BCUT2D eigenvalue weighted by Gasteiger charge is -2.40. The summed E-state index contributed by atoms with van der Waals surface area (Å²) in [5.74, 6) is -2.60. The molecule has 7 heteroatoms. The predicted octanol–water partition coefficient (Wildman–Crippen LogP) is 2.80. The van der Waals surface area contributed by atoms with Crippen LogP contribution in [0, 0.1) is 17.6 Å². The average Bonchev–Trinajstić information content (AvgIpc) is 2.38. The highest BCUT2D eigenvalue weighted by Gasteiger charge is 2.46. The fourth-order valence-corrected chi connectivity index (χ4v) is 3.49. The van der Waals surface area contributed by atoms with E-state index in [1.54, 1.807) is 6.92 Å². The van der Waals surface area contributed by atoms with Gasteiger partial charge in [0.1, 0.15) is 12.2 Å². The van der Waals surface area contributed by atoms with Gasteiger partial charge in [-0.25, -0.2) is 18.2 Å². The zero-order valence-corrected chi connectivity index (χ0v) is 12.0. The van der Waals surface area contributed by atoms with Gasteiger partial charge < -0.3 is 11.5 Å². The molecular weight excluding hydrogens is 287 g/mol. The molecule has 1 aliphatic heterocycles. The molecule has 3 nitrogen and oxygen atoms in total. The minimum Gasteiger partial charge on any atom is -0.399 e. The normalized spacial score (nSPS) is 30.1. The zero-order chi connectivity index (χ0) is 15.1. The molecule has 0 aliphatic carbocycles. The van der Waals surface area contributed by atoms with Crippen molar-refractivity contribution in [1.29, 1.82) is 0 Å². The standard InChI is InChI=1S/C13H16F3N3S/c1-6-7(2)20-12(18)19-13(6,5-14)9-3-8(17)4-10(15)11(9)16/h3-4,6-7H,5,17H2,1-2H3,(H2,18,19)/t6-,7+,13+/m1/s1. The fourth-order valence-electron chi connectivity index (χ4n) is 2.46. The first-order valence-electron chi connectivity index (χ1n) is 6.14. The summed E-state index contributed by atoms with van der Waals surface area (Å²) in [7, 11) is 0. The second-order valence-electron chi connectivity index (χ2n) is 4.98. The van der Waals surface area contributed by atoms with Gasteiger partial charge in [0.2, 0.25) is 0 Å². The quantitative estimate of drug-likeness (QED) is 0.826. The third-order valence-electron chi connectivity index (χ3n) is 3.79. The summed E-state index contributed by atoms with van der Waals surface area (Å²) in [5.41, 5.74) is 9.56. The van der Waals surface area contributed by atoms with E-state index in [0.29, 0.717) is 0 Å². The van der Waals surface area contributed by atoms with Crippen LogP contribution in [-0.4, -0.2) is 17.1 Å². The SMILES string of the molecule is C[C@@H]1SC(N)=N[C@](CF)(c2cc(N)cc(F)c2F)[C@@H]1C. The number of nitrogen functional groups attached to an aromatic ring is 1. The highest BCUT2D eigenvalue weighted by Crippen LogP contribution is 2.45. The first-order valence-corrected chi connectivity index (χ1v) is 7.02. The van der Waals surface area contributed by atoms with E-state index in [4.69, 9.17) is 11.5 Å². The number of anilines is 1. The molecule has 1 aromatic carbocycles. The van der Waals surface area contributed by atoms with Gasteiger partial charge in [0.15, 0.2) is 16.8 Å². The molecule has 110 valence electrons. The Morgan fingerprint density at radius 1 is 1.30 bits per heavy atom. The number of alkyl halides is 1. The Morgan fingerprint density at radius 2 is 1.95 bits per heavy atom. The third kappa shape index (κ3) is 2.24. The summed E-state index contributed by atoms with van der Waals surface area (Å²) in [6, 6.07) is 2.09. The number of nitrogens with zero attached hydrogens (tertiary/aromatic N) is 1. The van der Waals surface area contributed by atoms with E-state index in [1.165, 1.54) is 17.8 Å². The van der Waals surface area contributed by atoms with Gasteiger partial charge in [0.05, 0.1) is 0 Å². The first-order chi connectivity index (χ1) is 9.31. The lowest BCUT2D eigenvalue weighted by atomic mass is 9.78. The number of aliphatic imine (C=N–C) groups is 1. The van der Waals surface area contributed by atoms with E-state index in [9.17, 15) is 13.2 Å². The minimum atomic E-state index is -1.53. The largest absolute Gasteiger partial charge is 0.399 e. The summed E-state index contributed by atoms with van der Waals surface area (Å²) in [6.07, 6.45) is 0. The molecule has 4 N–H and O–H groups in total. The van der Waals surface area contributed by atoms with Crippen LogP contribution in [0.4, 0.5) is 18.9 Å². The number of amidine groups is 1. The Labute approximate surface area is 119 Å². The van der Waals surface area contributed by atoms with E-state index >= 15 is 0 Å². The van der Waals surface area contributed by atoms with E-state index in [-0.39, 0.29) is 27.6 Å². The smallest absolute Gasteiger partial charge is 0.164 e. The molecule has 2 rings (SSSR count). The van der Waals surface area contributed by atoms with Gasteiger partial charge in [0, 0.05) is 22.4 Å². The molecule has 0 spiro atoms. The molecule has 20 heavy (non-hydrogen) atoms. The van der Waals surface area contributed by atoms with Crippen molar-refractivity contribution in [3.63, 3.8) is 0 Å². The predicted molar refractivity (Wildman–Crippen MR) is 76.3 cm³/mol. The number of hydrogen-bond acceptors (Lipinski definition) is 4. The summed E-state index contributed by atoms with van der Waals surface area (Å²) in [6.45, 7) is 2.62. The van der Waals surface area contributed by atoms with Crippen molar-refractivity contribution >= 4 is 22.6 Å². The van der Waals surface area contributed by atoms with Crippen molar-refractivity contribution in [3.8, 4) is 0 Å². The molecule has 0 amide bonds. The summed E-state index contributed by atoms with van der Waals surface area (Å²) in [4.78, 5) is 4.10. The van der Waals surface area contributed by atoms with Gasteiger partial charge in [-0.15, -0.1) is 0 Å². The topological polar surface area (TPSA) is 64.4 Å². The van der Waals surface area contributed by atoms with Crippen LogP contribution >= 0.6 is 11.8 Å². The van der Waals surface area contributed by atoms with Crippen LogP contribution in [0.1, 0.15) is 19.4 Å². The molecule has 3 atom stereocenters. The van der Waals surface area contributed by atoms with Crippen LogP contribution in [0.25, 0.3) is 0 Å². The Morgan fingerprint density at radius 3 is 2.55 bits per heavy atom. The molecule has 0 radical (unpaired) electrons. The number of nitrogens with two attached hydrogens (primary N) is 2. The summed E-state index contributed by atoms with van der Waals surface area (Å²) in [5, 5.41) is 0.0858. The molecule has 0 saturated heterocycles. The fraction of sp³-hybridized carbons (Fsp3) is 0.462. The molecule has 0 saturated carbocycles. The highest BCUT2D eigenvalue weighted by atomic mass is 32.2. The van der Waals surface area contributed by atoms with Crippen molar-refractivity contribution in [1.82, 2.24) is 0 Å². The Balaban J connectivity index is 2.71. The van der Waals surface area contributed by atoms with Crippen LogP contribution in [0.15, 0.2) is 17.1 Å². The second-order valence-corrected chi connectivity index (χ2v) is 6.38. The Hall–Kier alpha value is -1.37. The van der Waals surface area contributed by atoms with E-state index < -0.39 is 23.8 Å². The number of rotatable bonds is 2. The van der Waals surface area contributed by atoms with Crippen LogP contribution < -0.4 is 11.5 Å². The van der Waals surface area contributed by atoms with Crippen molar-refractivity contribution in [3.05, 3.63) is 29.3 Å². The van der Waals surface area contributed by atoms with Gasteiger partial charge >= 0.3 is 0 Å². The van der Waals surface area contributed by atoms with Crippen molar-refractivity contribution in [2.45, 2.75) is 24.6 Å². The molecule has 1 aliphatic rings. The molecule has 0 unspecified atom stereocenters. The van der Waals surface area contributed by atoms with E-state index in [1.807, 2.05) is 6.92 Å². The molecule has 0 aromatic heterocycles. The number of thioether (sulfide) groups is 1. The van der Waals surface area contributed by atoms with Crippen LogP contribution in [-0.2, 0) is 5.54 Å². The van der Waals surface area contributed by atoms with Gasteiger partial charge in [-0.05, 0) is 12.1 Å². The van der Waals surface area contributed by atoms with Gasteiger partial charge in [-0.3, -0.25) is 0 Å². The van der Waals surface area contributed by atoms with Crippen LogP contribution in [0.2, 0.25) is 0 Å². The van der Waals surface area contributed by atoms with Gasteiger partial charge in [-0.1, -0.05) is 25.6 Å². The van der Waals surface area contributed by atoms with E-state index in [0.717, 1.165) is 6.07 Å². The lowest BCUT2D eigenvalue weighted by Crippen LogP contribution is -2.45. The molecule has 1 aromatic rings. The second kappa shape index (κ2) is 5.20. The molecule has 0 fully saturated rings. The maximum atomic E-state index is 14.1. The minimum absolute atomic E-state index is 0.0265. The average molecular weight is 303 g/mol. The van der Waals surface area contributed by atoms with Gasteiger partial charge in [0.25, 0.3) is 0 Å². The summed E-state index contributed by atoms with van der Waals surface area (Å²) < 4.78 is 41.4. The lowest BCUT2D eigenvalue weighted by molar-refractivity contribution is 0.215. The van der Waals surface area contributed by atoms with Crippen LogP contribution in [0.5, 0.6) is 0 Å². The number of halogens is 3. The monoisotopic (exact) mass is 303 g/mol. The molecule has 1 heterocycles. The zero-order valence-electron chi connectivity index (χ0n) is 11.2. The Bertz CT molecular complexity index is 564. The number of hydrogen-bond donors (Lipinski definition) is 2. The van der Waals surface area contributed by atoms with Crippen molar-refractivity contribution in [2.24, 2.45) is 16.6 Å². The maximum Gasteiger partial charge on any atom is 0.164 e. The molecule has 0 bridgehead atoms. The highest BCUT2D eigenvalue weighted by molar-refractivity contribution is 8.14. The first kappa shape index (κ1) is 15.0. The van der Waals surface area contributed by atoms with Crippen LogP contribution in [0.3, 0.4) is 0 Å². The Kier molecular flexibility index (Phi) is 3.90. The summed E-state index contributed by atoms with van der Waals surface area (Å²) >= 11 is 1.29. The van der Waals surface area contributed by atoms with Gasteiger partial charge in [-0.2, -0.15) is 0 Å². The van der Waals surface area contributed by atoms with E-state index in [2.05, 4.69) is 4.99 Å². The third-order valence-corrected chi connectivity index (χ3v) is 4.91.